The Morgan fingerprint density at radius 3 is 1.71 bits per heavy atom. The van der Waals surface area contributed by atoms with E-state index in [2.05, 4.69) is 25.7 Å². The first-order chi connectivity index (χ1) is 11.8. The van der Waals surface area contributed by atoms with Crippen LogP contribution in [0.5, 0.6) is 0 Å². The Morgan fingerprint density at radius 1 is 0.750 bits per heavy atom. The molecule has 0 saturated carbocycles. The zero-order valence-electron chi connectivity index (χ0n) is 16.1. The highest BCUT2D eigenvalue weighted by atomic mass is 16.5. The fourth-order valence-electron chi connectivity index (χ4n) is 2.76. The second-order valence-corrected chi connectivity index (χ2v) is 6.66. The monoisotopic (exact) mass is 336 g/mol. The smallest absolute Gasteiger partial charge is 0.330 e. The number of carbonyl (C=O) groups excluding carboxylic acids is 1. The van der Waals surface area contributed by atoms with Crippen LogP contribution in [-0.4, -0.2) is 12.6 Å². The third-order valence-corrected chi connectivity index (χ3v) is 4.32. The third kappa shape index (κ3) is 19.0. The summed E-state index contributed by atoms with van der Waals surface area (Å²) in [6.45, 7) is 6.18. The number of hydrogen-bond acceptors (Lipinski definition) is 2. The average molecular weight is 337 g/mol. The minimum absolute atomic E-state index is 0.309. The number of carbonyl (C=O) groups is 1. The molecule has 0 saturated heterocycles. The Labute approximate surface area is 150 Å². The zero-order chi connectivity index (χ0) is 17.7. The van der Waals surface area contributed by atoms with Crippen LogP contribution in [0.3, 0.4) is 0 Å². The van der Waals surface area contributed by atoms with E-state index in [4.69, 9.17) is 4.74 Å². The quantitative estimate of drug-likeness (QED) is 0.115. The van der Waals surface area contributed by atoms with Crippen LogP contribution < -0.4 is 0 Å². The van der Waals surface area contributed by atoms with Gasteiger partial charge in [0.05, 0.1) is 6.61 Å². The van der Waals surface area contributed by atoms with E-state index < -0.39 is 0 Å². The summed E-state index contributed by atoms with van der Waals surface area (Å²) < 4.78 is 4.95. The van der Waals surface area contributed by atoms with Gasteiger partial charge in [-0.25, -0.2) is 4.79 Å². The van der Waals surface area contributed by atoms with Gasteiger partial charge in [-0.1, -0.05) is 89.9 Å². The number of hydrogen-bond donors (Lipinski definition) is 0. The average Bonchev–Trinajstić information content (AvgIpc) is 2.60. The molecule has 0 fully saturated rings. The fraction of sp³-hybridized carbons (Fsp3) is 0.773. The first kappa shape index (κ1) is 22.9. The molecule has 0 aliphatic carbocycles. The van der Waals surface area contributed by atoms with Gasteiger partial charge >= 0.3 is 5.97 Å². The molecule has 0 aromatic heterocycles. The Hall–Kier alpha value is -1.05. The van der Waals surface area contributed by atoms with E-state index in [1.807, 2.05) is 0 Å². The van der Waals surface area contributed by atoms with Crippen LogP contribution in [0.1, 0.15) is 103 Å². The van der Waals surface area contributed by atoms with E-state index >= 15 is 0 Å². The van der Waals surface area contributed by atoms with Crippen molar-refractivity contribution in [2.75, 3.05) is 6.61 Å². The molecule has 2 heteroatoms. The predicted octanol–water partition coefficient (Wildman–Crippen LogP) is 7.14. The molecule has 140 valence electrons. The maximum atomic E-state index is 10.8. The predicted molar refractivity (Wildman–Crippen MR) is 105 cm³/mol. The van der Waals surface area contributed by atoms with Gasteiger partial charge in [0.2, 0.25) is 0 Å². The summed E-state index contributed by atoms with van der Waals surface area (Å²) in [6, 6.07) is 0. The summed E-state index contributed by atoms with van der Waals surface area (Å²) in [5.74, 6) is -0.309. The highest BCUT2D eigenvalue weighted by Crippen LogP contribution is 2.10. The van der Waals surface area contributed by atoms with Gasteiger partial charge < -0.3 is 4.74 Å². The van der Waals surface area contributed by atoms with Crippen molar-refractivity contribution >= 4 is 5.97 Å². The number of allylic oxidation sites excluding steroid dienone is 2. The second-order valence-electron chi connectivity index (χ2n) is 6.66. The molecule has 0 amide bonds. The molecule has 0 unspecified atom stereocenters. The van der Waals surface area contributed by atoms with Gasteiger partial charge in [-0.2, -0.15) is 0 Å². The molecule has 0 aromatic rings. The normalized spacial score (nSPS) is 11.0. The molecule has 0 bridgehead atoms. The molecule has 0 heterocycles. The largest absolute Gasteiger partial charge is 0.463 e. The summed E-state index contributed by atoms with van der Waals surface area (Å²) in [7, 11) is 0. The lowest BCUT2D eigenvalue weighted by Gasteiger charge is -2.02. The van der Waals surface area contributed by atoms with Crippen molar-refractivity contribution in [1.29, 1.82) is 0 Å². The topological polar surface area (TPSA) is 26.3 Å². The number of esters is 1. The molecule has 0 radical (unpaired) electrons. The van der Waals surface area contributed by atoms with Crippen molar-refractivity contribution in [3.63, 3.8) is 0 Å². The van der Waals surface area contributed by atoms with E-state index in [0.717, 1.165) is 12.8 Å². The molecule has 0 atom stereocenters. The first-order valence-corrected chi connectivity index (χ1v) is 10.3. The molecule has 0 aromatic carbocycles. The summed E-state index contributed by atoms with van der Waals surface area (Å²) in [5, 5.41) is 0. The molecule has 0 rings (SSSR count). The van der Waals surface area contributed by atoms with Gasteiger partial charge in [0, 0.05) is 6.08 Å². The lowest BCUT2D eigenvalue weighted by atomic mass is 10.1. The first-order valence-electron chi connectivity index (χ1n) is 10.3. The van der Waals surface area contributed by atoms with Gasteiger partial charge in [-0.3, -0.25) is 0 Å². The molecular formula is C22H40O2. The van der Waals surface area contributed by atoms with Crippen LogP contribution in [0.15, 0.2) is 24.8 Å². The lowest BCUT2D eigenvalue weighted by molar-refractivity contribution is -0.137. The van der Waals surface area contributed by atoms with Crippen LogP contribution in [0, 0.1) is 0 Å². The SMILES string of the molecule is C=CC(=O)OCCCCCCC/C=C/CCCCCCCCCC. The van der Waals surface area contributed by atoms with Crippen LogP contribution in [0.4, 0.5) is 0 Å². The van der Waals surface area contributed by atoms with Crippen molar-refractivity contribution in [2.45, 2.75) is 103 Å². The van der Waals surface area contributed by atoms with Crippen LogP contribution in [-0.2, 0) is 9.53 Å². The number of ether oxygens (including phenoxy) is 1. The Bertz CT molecular complexity index is 307. The minimum atomic E-state index is -0.309. The lowest BCUT2D eigenvalue weighted by Crippen LogP contribution is -2.01. The Balaban J connectivity index is 3.11. The highest BCUT2D eigenvalue weighted by Gasteiger charge is 1.95. The third-order valence-electron chi connectivity index (χ3n) is 4.32. The second kappa shape index (κ2) is 20.0. The maximum Gasteiger partial charge on any atom is 0.330 e. The Kier molecular flexibility index (Phi) is 19.1. The van der Waals surface area contributed by atoms with Crippen molar-refractivity contribution < 1.29 is 9.53 Å². The van der Waals surface area contributed by atoms with Crippen LogP contribution >= 0.6 is 0 Å². The molecule has 0 aliphatic rings. The number of rotatable bonds is 18. The fourth-order valence-corrected chi connectivity index (χ4v) is 2.76. The van der Waals surface area contributed by atoms with Gasteiger partial charge in [0.25, 0.3) is 0 Å². The van der Waals surface area contributed by atoms with Gasteiger partial charge in [-0.15, -0.1) is 0 Å². The highest BCUT2D eigenvalue weighted by molar-refractivity contribution is 5.81. The molecular weight excluding hydrogens is 296 g/mol. The zero-order valence-corrected chi connectivity index (χ0v) is 16.1. The van der Waals surface area contributed by atoms with E-state index in [0.29, 0.717) is 6.61 Å². The summed E-state index contributed by atoms with van der Waals surface area (Å²) >= 11 is 0. The maximum absolute atomic E-state index is 10.8. The standard InChI is InChI=1S/C22H40O2/c1-3-5-6-7-8-9-10-11-12-13-14-15-16-17-18-19-20-21-24-22(23)4-2/h4,13-14H,2-3,5-12,15-21H2,1H3/b14-13+. The Morgan fingerprint density at radius 2 is 1.21 bits per heavy atom. The molecule has 24 heavy (non-hydrogen) atoms. The van der Waals surface area contributed by atoms with Crippen LogP contribution in [0.25, 0.3) is 0 Å². The summed E-state index contributed by atoms with van der Waals surface area (Å²) in [4.78, 5) is 10.8. The van der Waals surface area contributed by atoms with Crippen molar-refractivity contribution in [3.05, 3.63) is 24.8 Å². The van der Waals surface area contributed by atoms with E-state index in [1.54, 1.807) is 0 Å². The van der Waals surface area contributed by atoms with Crippen molar-refractivity contribution in [3.8, 4) is 0 Å². The van der Waals surface area contributed by atoms with Crippen LogP contribution in [0.2, 0.25) is 0 Å². The molecule has 0 N–H and O–H groups in total. The van der Waals surface area contributed by atoms with Crippen molar-refractivity contribution in [1.82, 2.24) is 0 Å². The molecule has 0 spiro atoms. The molecule has 0 aliphatic heterocycles. The van der Waals surface area contributed by atoms with Gasteiger partial charge in [0.1, 0.15) is 0 Å². The number of unbranched alkanes of at least 4 members (excludes halogenated alkanes) is 13. The van der Waals surface area contributed by atoms with Gasteiger partial charge in [-0.05, 0) is 32.1 Å². The molecule has 2 nitrogen and oxygen atoms in total. The van der Waals surface area contributed by atoms with E-state index in [9.17, 15) is 4.79 Å². The van der Waals surface area contributed by atoms with Crippen molar-refractivity contribution in [2.24, 2.45) is 0 Å². The summed E-state index contributed by atoms with van der Waals surface area (Å²) in [5.41, 5.74) is 0. The van der Waals surface area contributed by atoms with E-state index in [1.165, 1.54) is 89.5 Å². The van der Waals surface area contributed by atoms with Gasteiger partial charge in [0.15, 0.2) is 0 Å². The summed E-state index contributed by atoms with van der Waals surface area (Å²) in [6.07, 6.45) is 25.5. The van der Waals surface area contributed by atoms with E-state index in [-0.39, 0.29) is 5.97 Å². The minimum Gasteiger partial charge on any atom is -0.463 e.